The zero-order chi connectivity index (χ0) is 13.0. The second kappa shape index (κ2) is 5.69. The summed E-state index contributed by atoms with van der Waals surface area (Å²) in [7, 11) is 2.15. The van der Waals surface area contributed by atoms with Gasteiger partial charge in [0.1, 0.15) is 6.07 Å². The Morgan fingerprint density at radius 2 is 2.28 bits per heavy atom. The summed E-state index contributed by atoms with van der Waals surface area (Å²) < 4.78 is 0. The number of nitrogens with zero attached hydrogens (tertiary/aromatic N) is 3. The maximum Gasteiger partial charge on any atom is 0.150 e. The van der Waals surface area contributed by atoms with Crippen LogP contribution in [0.2, 0.25) is 0 Å². The van der Waals surface area contributed by atoms with Gasteiger partial charge in [0.15, 0.2) is 5.82 Å². The standard InChI is InChI=1S/C13H19N5/c1-18-6-3-10(4-7-18)9-17-13-12(15)11(8-14)2-5-16-13/h2,5,10H,3-4,6-7,9,15H2,1H3,(H,16,17). The highest BCUT2D eigenvalue weighted by molar-refractivity contribution is 5.68. The van der Waals surface area contributed by atoms with E-state index in [1.165, 1.54) is 12.8 Å². The largest absolute Gasteiger partial charge is 0.395 e. The Labute approximate surface area is 108 Å². The number of anilines is 2. The molecular weight excluding hydrogens is 226 g/mol. The molecule has 0 amide bonds. The quantitative estimate of drug-likeness (QED) is 0.839. The van der Waals surface area contributed by atoms with Crippen LogP contribution in [0.5, 0.6) is 0 Å². The molecule has 1 saturated heterocycles. The van der Waals surface area contributed by atoms with Crippen LogP contribution < -0.4 is 11.1 Å². The van der Waals surface area contributed by atoms with Crippen molar-refractivity contribution in [2.45, 2.75) is 12.8 Å². The maximum absolute atomic E-state index is 8.90. The molecule has 0 unspecified atom stereocenters. The van der Waals surface area contributed by atoms with Crippen LogP contribution in [0.3, 0.4) is 0 Å². The summed E-state index contributed by atoms with van der Waals surface area (Å²) in [6.45, 7) is 3.17. The van der Waals surface area contributed by atoms with Crippen LogP contribution in [0.15, 0.2) is 12.3 Å². The van der Waals surface area contributed by atoms with E-state index in [9.17, 15) is 0 Å². The molecule has 0 atom stereocenters. The molecule has 1 aliphatic rings. The third-order valence-electron chi connectivity index (χ3n) is 3.51. The highest BCUT2D eigenvalue weighted by Gasteiger charge is 2.17. The Morgan fingerprint density at radius 1 is 1.56 bits per heavy atom. The van der Waals surface area contributed by atoms with Crippen molar-refractivity contribution in [1.29, 1.82) is 5.26 Å². The molecule has 2 rings (SSSR count). The van der Waals surface area contributed by atoms with Crippen LogP contribution >= 0.6 is 0 Å². The molecular formula is C13H19N5. The molecule has 2 heterocycles. The Morgan fingerprint density at radius 3 is 2.94 bits per heavy atom. The summed E-state index contributed by atoms with van der Waals surface area (Å²) in [6, 6.07) is 3.70. The smallest absolute Gasteiger partial charge is 0.150 e. The van der Waals surface area contributed by atoms with Gasteiger partial charge in [0.05, 0.1) is 11.3 Å². The van der Waals surface area contributed by atoms with Gasteiger partial charge in [0, 0.05) is 12.7 Å². The first-order chi connectivity index (χ1) is 8.70. The zero-order valence-electron chi connectivity index (χ0n) is 10.7. The van der Waals surface area contributed by atoms with Crippen molar-refractivity contribution in [3.8, 4) is 6.07 Å². The molecule has 0 radical (unpaired) electrons. The number of nitrogens with two attached hydrogens (primary N) is 1. The second-order valence-electron chi connectivity index (χ2n) is 4.86. The number of rotatable bonds is 3. The summed E-state index contributed by atoms with van der Waals surface area (Å²) >= 11 is 0. The molecule has 3 N–H and O–H groups in total. The zero-order valence-corrected chi connectivity index (χ0v) is 10.7. The van der Waals surface area contributed by atoms with Crippen LogP contribution in [-0.2, 0) is 0 Å². The van der Waals surface area contributed by atoms with Crippen molar-refractivity contribution < 1.29 is 0 Å². The van der Waals surface area contributed by atoms with Gasteiger partial charge in [-0.2, -0.15) is 5.26 Å². The van der Waals surface area contributed by atoms with E-state index in [1.54, 1.807) is 12.3 Å². The van der Waals surface area contributed by atoms with E-state index in [4.69, 9.17) is 11.0 Å². The van der Waals surface area contributed by atoms with Crippen molar-refractivity contribution in [3.63, 3.8) is 0 Å². The lowest BCUT2D eigenvalue weighted by atomic mass is 9.97. The number of hydrogen-bond acceptors (Lipinski definition) is 5. The van der Waals surface area contributed by atoms with Crippen LogP contribution in [0, 0.1) is 17.2 Å². The Balaban J connectivity index is 1.93. The van der Waals surface area contributed by atoms with Crippen LogP contribution in [0.25, 0.3) is 0 Å². The van der Waals surface area contributed by atoms with Gasteiger partial charge < -0.3 is 16.0 Å². The van der Waals surface area contributed by atoms with E-state index in [-0.39, 0.29) is 0 Å². The Kier molecular flexibility index (Phi) is 4.00. The molecule has 0 bridgehead atoms. The van der Waals surface area contributed by atoms with Crippen LogP contribution in [0.4, 0.5) is 11.5 Å². The van der Waals surface area contributed by atoms with E-state index in [1.807, 2.05) is 0 Å². The second-order valence-corrected chi connectivity index (χ2v) is 4.86. The van der Waals surface area contributed by atoms with Gasteiger partial charge in [-0.3, -0.25) is 0 Å². The number of piperidine rings is 1. The molecule has 5 heteroatoms. The molecule has 0 aromatic carbocycles. The third-order valence-corrected chi connectivity index (χ3v) is 3.51. The summed E-state index contributed by atoms with van der Waals surface area (Å²) in [5, 5.41) is 12.2. The maximum atomic E-state index is 8.90. The van der Waals surface area contributed by atoms with Gasteiger partial charge in [-0.05, 0) is 45.0 Å². The van der Waals surface area contributed by atoms with E-state index in [0.717, 1.165) is 19.6 Å². The normalized spacial score (nSPS) is 17.3. The lowest BCUT2D eigenvalue weighted by molar-refractivity contribution is 0.226. The predicted molar refractivity (Wildman–Crippen MR) is 72.1 cm³/mol. The summed E-state index contributed by atoms with van der Waals surface area (Å²) in [4.78, 5) is 6.54. The van der Waals surface area contributed by atoms with E-state index < -0.39 is 0 Å². The van der Waals surface area contributed by atoms with Crippen molar-refractivity contribution >= 4 is 11.5 Å². The number of likely N-dealkylation sites (tertiary alicyclic amines) is 1. The number of nitrogens with one attached hydrogen (secondary N) is 1. The van der Waals surface area contributed by atoms with E-state index in [0.29, 0.717) is 23.0 Å². The number of nitriles is 1. The minimum atomic E-state index is 0.452. The average Bonchev–Trinajstić information content (AvgIpc) is 2.39. The molecule has 1 aromatic rings. The highest BCUT2D eigenvalue weighted by Crippen LogP contribution is 2.21. The molecule has 18 heavy (non-hydrogen) atoms. The van der Waals surface area contributed by atoms with Gasteiger partial charge in [-0.1, -0.05) is 0 Å². The van der Waals surface area contributed by atoms with Gasteiger partial charge >= 0.3 is 0 Å². The minimum Gasteiger partial charge on any atom is -0.395 e. The Bertz CT molecular complexity index is 443. The summed E-state index contributed by atoms with van der Waals surface area (Å²) in [5.41, 5.74) is 6.81. The number of aromatic nitrogens is 1. The first-order valence-electron chi connectivity index (χ1n) is 6.27. The fourth-order valence-corrected chi connectivity index (χ4v) is 2.22. The molecule has 0 saturated carbocycles. The topological polar surface area (TPSA) is 78.0 Å². The van der Waals surface area contributed by atoms with Gasteiger partial charge in [0.2, 0.25) is 0 Å². The Hall–Kier alpha value is -1.80. The van der Waals surface area contributed by atoms with E-state index in [2.05, 4.69) is 28.3 Å². The lowest BCUT2D eigenvalue weighted by Crippen LogP contribution is -2.33. The highest BCUT2D eigenvalue weighted by atomic mass is 15.1. The number of pyridine rings is 1. The molecule has 0 aliphatic carbocycles. The first kappa shape index (κ1) is 12.7. The number of hydrogen-bond donors (Lipinski definition) is 2. The van der Waals surface area contributed by atoms with Gasteiger partial charge in [-0.15, -0.1) is 0 Å². The predicted octanol–water partition coefficient (Wildman–Crippen LogP) is 1.29. The summed E-state index contributed by atoms with van der Waals surface area (Å²) in [5.74, 6) is 1.29. The van der Waals surface area contributed by atoms with Crippen molar-refractivity contribution in [2.75, 3.05) is 37.7 Å². The SMILES string of the molecule is CN1CCC(CNc2nccc(C#N)c2N)CC1. The lowest BCUT2D eigenvalue weighted by Gasteiger charge is -2.29. The fourth-order valence-electron chi connectivity index (χ4n) is 2.22. The van der Waals surface area contributed by atoms with Crippen molar-refractivity contribution in [3.05, 3.63) is 17.8 Å². The monoisotopic (exact) mass is 245 g/mol. The molecule has 5 nitrogen and oxygen atoms in total. The van der Waals surface area contributed by atoms with Crippen molar-refractivity contribution in [1.82, 2.24) is 9.88 Å². The molecule has 96 valence electrons. The average molecular weight is 245 g/mol. The molecule has 0 spiro atoms. The minimum absolute atomic E-state index is 0.452. The van der Waals surface area contributed by atoms with Crippen molar-refractivity contribution in [2.24, 2.45) is 5.92 Å². The molecule has 1 fully saturated rings. The molecule has 1 aliphatic heterocycles. The van der Waals surface area contributed by atoms with Gasteiger partial charge in [-0.25, -0.2) is 4.98 Å². The van der Waals surface area contributed by atoms with Gasteiger partial charge in [0.25, 0.3) is 0 Å². The van der Waals surface area contributed by atoms with Crippen LogP contribution in [-0.4, -0.2) is 36.6 Å². The third kappa shape index (κ3) is 2.90. The number of nitrogen functional groups attached to an aromatic ring is 1. The first-order valence-corrected chi connectivity index (χ1v) is 6.27. The fraction of sp³-hybridized carbons (Fsp3) is 0.538. The summed E-state index contributed by atoms with van der Waals surface area (Å²) in [6.07, 6.45) is 4.01. The van der Waals surface area contributed by atoms with E-state index >= 15 is 0 Å². The molecule has 1 aromatic heterocycles. The van der Waals surface area contributed by atoms with Crippen LogP contribution in [0.1, 0.15) is 18.4 Å².